The van der Waals surface area contributed by atoms with Crippen LogP contribution < -0.4 is 10.2 Å². The zero-order valence-electron chi connectivity index (χ0n) is 13.8. The molecular weight excluding hydrogens is 366 g/mol. The van der Waals surface area contributed by atoms with Crippen molar-refractivity contribution in [1.29, 1.82) is 0 Å². The van der Waals surface area contributed by atoms with Crippen LogP contribution in [-0.2, 0) is 0 Å². The average molecular weight is 378 g/mol. The number of carbonyl (C=O) groups is 3. The maximum absolute atomic E-state index is 12.6. The molecule has 132 valence electrons. The van der Waals surface area contributed by atoms with Crippen LogP contribution in [0, 0.1) is 0 Å². The zero-order chi connectivity index (χ0) is 19.0. The quantitative estimate of drug-likeness (QED) is 0.704. The number of rotatable bonds is 3. The van der Waals surface area contributed by atoms with E-state index < -0.39 is 11.8 Å². The number of hydrogen-bond acceptors (Lipinski definition) is 4. The smallest absolute Gasteiger partial charge is 0.266 e. The molecule has 4 rings (SSSR count). The van der Waals surface area contributed by atoms with Gasteiger partial charge in [0.15, 0.2) is 0 Å². The van der Waals surface area contributed by atoms with Crippen molar-refractivity contribution in [2.24, 2.45) is 0 Å². The van der Waals surface area contributed by atoms with E-state index in [-0.39, 0.29) is 10.9 Å². The van der Waals surface area contributed by atoms with Gasteiger partial charge < -0.3 is 5.32 Å². The van der Waals surface area contributed by atoms with Gasteiger partial charge in [-0.2, -0.15) is 0 Å². The van der Waals surface area contributed by atoms with Crippen LogP contribution in [0.25, 0.3) is 0 Å². The molecule has 2 heterocycles. The fourth-order valence-electron chi connectivity index (χ4n) is 2.86. The molecule has 6 nitrogen and oxygen atoms in total. The Kier molecular flexibility index (Phi) is 4.18. The summed E-state index contributed by atoms with van der Waals surface area (Å²) in [6, 6.07) is 14.5. The molecule has 0 fully saturated rings. The first-order valence-electron chi connectivity index (χ1n) is 8.05. The highest BCUT2D eigenvalue weighted by Gasteiger charge is 2.36. The number of hydrogen-bond donors (Lipinski definition) is 1. The fraction of sp³-hybridized carbons (Fsp3) is 0. The summed E-state index contributed by atoms with van der Waals surface area (Å²) in [4.78, 5) is 42.3. The van der Waals surface area contributed by atoms with Crippen LogP contribution in [0.2, 0.25) is 5.02 Å². The molecule has 3 amide bonds. The van der Waals surface area contributed by atoms with Crippen molar-refractivity contribution in [3.8, 4) is 0 Å². The van der Waals surface area contributed by atoms with Crippen molar-refractivity contribution < 1.29 is 14.4 Å². The molecule has 7 heteroatoms. The summed E-state index contributed by atoms with van der Waals surface area (Å²) in [7, 11) is 0. The maximum Gasteiger partial charge on any atom is 0.266 e. The second kappa shape index (κ2) is 6.66. The molecule has 0 bridgehead atoms. The summed E-state index contributed by atoms with van der Waals surface area (Å²) in [5.41, 5.74) is 1.80. The van der Waals surface area contributed by atoms with Crippen molar-refractivity contribution in [3.05, 3.63) is 88.7 Å². The van der Waals surface area contributed by atoms with Crippen LogP contribution in [0.5, 0.6) is 0 Å². The number of benzene rings is 2. The third-order valence-electron chi connectivity index (χ3n) is 4.18. The molecule has 1 aliphatic rings. The van der Waals surface area contributed by atoms with E-state index in [9.17, 15) is 14.4 Å². The lowest BCUT2D eigenvalue weighted by atomic mass is 10.1. The van der Waals surface area contributed by atoms with Crippen LogP contribution >= 0.6 is 11.6 Å². The second-order valence-electron chi connectivity index (χ2n) is 5.85. The predicted molar refractivity (Wildman–Crippen MR) is 101 cm³/mol. The maximum atomic E-state index is 12.6. The van der Waals surface area contributed by atoms with Gasteiger partial charge in [-0.3, -0.25) is 19.4 Å². The van der Waals surface area contributed by atoms with E-state index in [0.717, 1.165) is 4.90 Å². The number of nitrogens with zero attached hydrogens (tertiary/aromatic N) is 2. The minimum atomic E-state index is -0.404. The lowest BCUT2D eigenvalue weighted by molar-refractivity contribution is 0.0924. The Bertz CT molecular complexity index is 1050. The Morgan fingerprint density at radius 2 is 1.67 bits per heavy atom. The molecule has 0 saturated heterocycles. The predicted octanol–water partition coefficient (Wildman–Crippen LogP) is 3.79. The van der Waals surface area contributed by atoms with Crippen LogP contribution in [0.3, 0.4) is 0 Å². The lowest BCUT2D eigenvalue weighted by Gasteiger charge is -2.16. The number of pyridine rings is 1. The minimum Gasteiger partial charge on any atom is -0.321 e. The third-order valence-corrected chi connectivity index (χ3v) is 4.49. The Morgan fingerprint density at radius 1 is 0.963 bits per heavy atom. The van der Waals surface area contributed by atoms with Crippen LogP contribution in [0.1, 0.15) is 31.1 Å². The van der Waals surface area contributed by atoms with Gasteiger partial charge in [-0.15, -0.1) is 0 Å². The minimum absolute atomic E-state index is 0.210. The number of fused-ring (bicyclic) bond motifs is 1. The first kappa shape index (κ1) is 16.9. The van der Waals surface area contributed by atoms with Gasteiger partial charge >= 0.3 is 0 Å². The van der Waals surface area contributed by atoms with Crippen molar-refractivity contribution in [2.45, 2.75) is 0 Å². The van der Waals surface area contributed by atoms with E-state index >= 15 is 0 Å². The summed E-state index contributed by atoms with van der Waals surface area (Å²) in [6.07, 6.45) is 3.01. The van der Waals surface area contributed by atoms with Crippen molar-refractivity contribution in [1.82, 2.24) is 4.98 Å². The number of aromatic nitrogens is 1. The molecular formula is C20H12ClN3O3. The Morgan fingerprint density at radius 3 is 2.26 bits per heavy atom. The van der Waals surface area contributed by atoms with Gasteiger partial charge in [0, 0.05) is 12.4 Å². The summed E-state index contributed by atoms with van der Waals surface area (Å²) in [5, 5.41) is 2.89. The van der Waals surface area contributed by atoms with E-state index in [1.165, 1.54) is 12.3 Å². The molecule has 1 aliphatic heterocycles. The molecule has 3 aromatic rings. The standard InChI is InChI=1S/C20H12ClN3O3/c21-16-10-13(24-19(26)14-5-1-2-6-15(14)20(24)27)7-8-17(16)23-18(25)12-4-3-9-22-11-12/h1-11H,(H,23,25). The van der Waals surface area contributed by atoms with Gasteiger partial charge in [0.25, 0.3) is 17.7 Å². The van der Waals surface area contributed by atoms with Crippen molar-refractivity contribution >= 4 is 40.7 Å². The number of amides is 3. The second-order valence-corrected chi connectivity index (χ2v) is 6.26. The van der Waals surface area contributed by atoms with Crippen molar-refractivity contribution in [2.75, 3.05) is 10.2 Å². The fourth-order valence-corrected chi connectivity index (χ4v) is 3.08. The highest BCUT2D eigenvalue weighted by Crippen LogP contribution is 2.33. The molecule has 0 unspecified atom stereocenters. The average Bonchev–Trinajstić information content (AvgIpc) is 2.95. The van der Waals surface area contributed by atoms with Gasteiger partial charge in [0.2, 0.25) is 0 Å². The van der Waals surface area contributed by atoms with Gasteiger partial charge in [0.1, 0.15) is 0 Å². The number of nitrogens with one attached hydrogen (secondary N) is 1. The van der Waals surface area contributed by atoms with E-state index in [1.807, 2.05) is 0 Å². The number of anilines is 2. The molecule has 1 N–H and O–H groups in total. The van der Waals surface area contributed by atoms with Crippen LogP contribution in [-0.4, -0.2) is 22.7 Å². The molecule has 27 heavy (non-hydrogen) atoms. The van der Waals surface area contributed by atoms with E-state index in [4.69, 9.17) is 11.6 Å². The summed E-state index contributed by atoms with van der Waals surface area (Å²) < 4.78 is 0. The lowest BCUT2D eigenvalue weighted by Crippen LogP contribution is -2.29. The van der Waals surface area contributed by atoms with Gasteiger partial charge in [0.05, 0.1) is 33.1 Å². The molecule has 2 aromatic carbocycles. The van der Waals surface area contributed by atoms with E-state index in [1.54, 1.807) is 54.7 Å². The SMILES string of the molecule is O=C(Nc1ccc(N2C(=O)c3ccccc3C2=O)cc1Cl)c1cccnc1. The van der Waals surface area contributed by atoms with Gasteiger partial charge in [-0.05, 0) is 42.5 Å². The third kappa shape index (κ3) is 2.96. The highest BCUT2D eigenvalue weighted by atomic mass is 35.5. The van der Waals surface area contributed by atoms with Crippen LogP contribution in [0.15, 0.2) is 67.0 Å². The Balaban J connectivity index is 1.61. The van der Waals surface area contributed by atoms with Gasteiger partial charge in [-0.1, -0.05) is 23.7 Å². The normalized spacial score (nSPS) is 12.9. The number of imide groups is 1. The molecule has 0 atom stereocenters. The zero-order valence-corrected chi connectivity index (χ0v) is 14.6. The first-order valence-corrected chi connectivity index (χ1v) is 8.43. The summed E-state index contributed by atoms with van der Waals surface area (Å²) in [5.74, 6) is -1.17. The summed E-state index contributed by atoms with van der Waals surface area (Å²) in [6.45, 7) is 0. The Labute approximate surface area is 159 Å². The number of carbonyl (C=O) groups excluding carboxylic acids is 3. The van der Waals surface area contributed by atoms with Gasteiger partial charge in [-0.25, -0.2) is 4.90 Å². The first-order chi connectivity index (χ1) is 13.1. The van der Waals surface area contributed by atoms with Crippen molar-refractivity contribution in [3.63, 3.8) is 0 Å². The summed E-state index contributed by atoms with van der Waals surface area (Å²) >= 11 is 6.27. The highest BCUT2D eigenvalue weighted by molar-refractivity contribution is 6.36. The number of halogens is 1. The van der Waals surface area contributed by atoms with Crippen LogP contribution in [0.4, 0.5) is 11.4 Å². The molecule has 0 radical (unpaired) electrons. The molecule has 0 aliphatic carbocycles. The Hall–Kier alpha value is -3.51. The molecule has 1 aromatic heterocycles. The molecule has 0 saturated carbocycles. The largest absolute Gasteiger partial charge is 0.321 e. The van der Waals surface area contributed by atoms with E-state index in [0.29, 0.717) is 28.1 Å². The topological polar surface area (TPSA) is 79.4 Å². The molecule has 0 spiro atoms. The van der Waals surface area contributed by atoms with E-state index in [2.05, 4.69) is 10.3 Å². The monoisotopic (exact) mass is 377 g/mol.